The molecule has 4 nitrogen and oxygen atoms in total. The van der Waals surface area contributed by atoms with Crippen LogP contribution < -0.4 is 0 Å². The predicted molar refractivity (Wildman–Crippen MR) is 114 cm³/mol. The summed E-state index contributed by atoms with van der Waals surface area (Å²) in [6.45, 7) is 13.0. The molecule has 0 spiro atoms. The van der Waals surface area contributed by atoms with E-state index in [0.717, 1.165) is 12.0 Å². The molecule has 28 heavy (non-hydrogen) atoms. The van der Waals surface area contributed by atoms with Gasteiger partial charge < -0.3 is 0 Å². The standard InChI is InChI=1S/C22H30O4S2/c1-21(2,3)16-20(22(4,5)6)17-12-14-19(15-13-17)28(25,26)27(23,24)18-10-8-7-9-11-18/h7-15,20H,16H2,1-6H3. The molecule has 1 unspecified atom stereocenters. The van der Waals surface area contributed by atoms with Crippen molar-refractivity contribution in [2.24, 2.45) is 10.8 Å². The predicted octanol–water partition coefficient (Wildman–Crippen LogP) is 5.42. The van der Waals surface area contributed by atoms with E-state index in [9.17, 15) is 16.8 Å². The summed E-state index contributed by atoms with van der Waals surface area (Å²) >= 11 is 0. The summed E-state index contributed by atoms with van der Waals surface area (Å²) in [6, 6.07) is 13.5. The highest BCUT2D eigenvalue weighted by molar-refractivity contribution is 8.67. The first-order valence-electron chi connectivity index (χ1n) is 9.31. The molecular weight excluding hydrogens is 392 g/mol. The van der Waals surface area contributed by atoms with Crippen molar-refractivity contribution < 1.29 is 16.8 Å². The molecular formula is C22H30O4S2. The summed E-state index contributed by atoms with van der Waals surface area (Å²) in [5, 5.41) is 0. The van der Waals surface area contributed by atoms with E-state index in [1.165, 1.54) is 36.4 Å². The van der Waals surface area contributed by atoms with Gasteiger partial charge in [-0.2, -0.15) is 0 Å². The molecule has 6 heteroatoms. The second-order valence-corrected chi connectivity index (χ2v) is 14.9. The molecule has 0 aliphatic rings. The van der Waals surface area contributed by atoms with Crippen LogP contribution in [-0.2, 0) is 17.7 Å². The fraction of sp³-hybridized carbons (Fsp3) is 0.455. The summed E-state index contributed by atoms with van der Waals surface area (Å²) in [5.74, 6) is 0.218. The Morgan fingerprint density at radius 3 is 1.50 bits per heavy atom. The minimum absolute atomic E-state index is 0.0101. The van der Waals surface area contributed by atoms with Gasteiger partial charge in [-0.25, -0.2) is 16.8 Å². The first kappa shape index (κ1) is 22.6. The van der Waals surface area contributed by atoms with E-state index in [0.29, 0.717) is 0 Å². The maximum Gasteiger partial charge on any atom is 0.286 e. The Hall–Kier alpha value is -1.66. The van der Waals surface area contributed by atoms with Crippen molar-refractivity contribution >= 4 is 17.7 Å². The van der Waals surface area contributed by atoms with Gasteiger partial charge in [-0.3, -0.25) is 0 Å². The van der Waals surface area contributed by atoms with E-state index < -0.39 is 17.7 Å². The first-order valence-corrected chi connectivity index (χ1v) is 12.8. The van der Waals surface area contributed by atoms with Crippen LogP contribution in [0.1, 0.15) is 59.4 Å². The Kier molecular flexibility index (Phi) is 6.17. The third-order valence-electron chi connectivity index (χ3n) is 4.75. The van der Waals surface area contributed by atoms with Gasteiger partial charge in [0.1, 0.15) is 0 Å². The van der Waals surface area contributed by atoms with E-state index in [1.807, 2.05) is 0 Å². The number of hydrogen-bond donors (Lipinski definition) is 0. The van der Waals surface area contributed by atoms with Gasteiger partial charge in [0.05, 0.1) is 9.79 Å². The van der Waals surface area contributed by atoms with Crippen molar-refractivity contribution in [3.05, 3.63) is 60.2 Å². The molecule has 0 saturated heterocycles. The molecule has 0 bridgehead atoms. The molecule has 0 N–H and O–H groups in total. The van der Waals surface area contributed by atoms with Crippen molar-refractivity contribution in [1.29, 1.82) is 0 Å². The molecule has 0 amide bonds. The number of benzene rings is 2. The zero-order valence-corrected chi connectivity index (χ0v) is 19.1. The largest absolute Gasteiger partial charge is 0.286 e. The Labute approximate surface area is 169 Å². The molecule has 1 atom stereocenters. The maximum absolute atomic E-state index is 12.8. The summed E-state index contributed by atoms with van der Waals surface area (Å²) < 4.78 is 50.8. The van der Waals surface area contributed by atoms with Crippen LogP contribution in [0, 0.1) is 10.8 Å². The van der Waals surface area contributed by atoms with Crippen molar-refractivity contribution in [2.75, 3.05) is 0 Å². The van der Waals surface area contributed by atoms with E-state index >= 15 is 0 Å². The molecule has 154 valence electrons. The van der Waals surface area contributed by atoms with Gasteiger partial charge in [-0.05, 0) is 53.0 Å². The Bertz CT molecular complexity index is 1010. The number of hydrogen-bond acceptors (Lipinski definition) is 4. The Balaban J connectivity index is 2.45. The van der Waals surface area contributed by atoms with Crippen LogP contribution in [0.15, 0.2) is 64.4 Å². The van der Waals surface area contributed by atoms with Crippen molar-refractivity contribution in [3.63, 3.8) is 0 Å². The number of rotatable bonds is 5. The topological polar surface area (TPSA) is 68.3 Å². The normalized spacial score (nSPS) is 14.6. The first-order chi connectivity index (χ1) is 12.7. The second-order valence-electron chi connectivity index (χ2n) is 9.47. The lowest BCUT2D eigenvalue weighted by atomic mass is 9.69. The average Bonchev–Trinajstić information content (AvgIpc) is 2.59. The van der Waals surface area contributed by atoms with Gasteiger partial charge in [0.2, 0.25) is 0 Å². The van der Waals surface area contributed by atoms with Crippen LogP contribution in [0.2, 0.25) is 0 Å². The van der Waals surface area contributed by atoms with Gasteiger partial charge in [-0.15, -0.1) is 0 Å². The molecule has 0 radical (unpaired) electrons. The van der Waals surface area contributed by atoms with Gasteiger partial charge >= 0.3 is 0 Å². The highest BCUT2D eigenvalue weighted by Crippen LogP contribution is 2.43. The van der Waals surface area contributed by atoms with E-state index in [-0.39, 0.29) is 26.5 Å². The quantitative estimate of drug-likeness (QED) is 0.604. The monoisotopic (exact) mass is 422 g/mol. The lowest BCUT2D eigenvalue weighted by Gasteiger charge is -2.36. The summed E-state index contributed by atoms with van der Waals surface area (Å²) in [7, 11) is -9.04. The minimum atomic E-state index is -4.53. The van der Waals surface area contributed by atoms with E-state index in [1.54, 1.807) is 18.2 Å². The van der Waals surface area contributed by atoms with E-state index in [4.69, 9.17) is 0 Å². The van der Waals surface area contributed by atoms with Crippen LogP contribution in [0.5, 0.6) is 0 Å². The van der Waals surface area contributed by atoms with Crippen LogP contribution in [0.3, 0.4) is 0 Å². The summed E-state index contributed by atoms with van der Waals surface area (Å²) in [6.07, 6.45) is 0.935. The molecule has 0 aliphatic heterocycles. The van der Waals surface area contributed by atoms with Crippen molar-refractivity contribution in [1.82, 2.24) is 0 Å². The zero-order chi connectivity index (χ0) is 21.4. The highest BCUT2D eigenvalue weighted by atomic mass is 33.2. The summed E-state index contributed by atoms with van der Waals surface area (Å²) in [5.41, 5.74) is 1.11. The van der Waals surface area contributed by atoms with Gasteiger partial charge in [0.25, 0.3) is 17.7 Å². The summed E-state index contributed by atoms with van der Waals surface area (Å²) in [4.78, 5) is -0.428. The third-order valence-corrected chi connectivity index (χ3v) is 9.92. The lowest BCUT2D eigenvalue weighted by Crippen LogP contribution is -2.24. The van der Waals surface area contributed by atoms with Crippen molar-refractivity contribution in [2.45, 2.75) is 63.7 Å². The Morgan fingerprint density at radius 2 is 1.11 bits per heavy atom. The lowest BCUT2D eigenvalue weighted by molar-refractivity contribution is 0.229. The van der Waals surface area contributed by atoms with Gasteiger partial charge in [0.15, 0.2) is 0 Å². The molecule has 0 fully saturated rings. The SMILES string of the molecule is CC(C)(C)CC(c1ccc(S(=O)(=O)S(=O)(=O)c2ccccc2)cc1)C(C)(C)C. The fourth-order valence-corrected chi connectivity index (χ4v) is 6.90. The molecule has 2 aromatic rings. The highest BCUT2D eigenvalue weighted by Gasteiger charge is 2.35. The fourth-order valence-electron chi connectivity index (χ4n) is 3.24. The maximum atomic E-state index is 12.8. The molecule has 0 heterocycles. The third kappa shape index (κ3) is 4.84. The van der Waals surface area contributed by atoms with Crippen LogP contribution in [0.4, 0.5) is 0 Å². The smallest absolute Gasteiger partial charge is 0.207 e. The van der Waals surface area contributed by atoms with Gasteiger partial charge in [-0.1, -0.05) is 71.9 Å². The van der Waals surface area contributed by atoms with Crippen LogP contribution in [-0.4, -0.2) is 16.8 Å². The molecule has 0 aliphatic carbocycles. The zero-order valence-electron chi connectivity index (χ0n) is 17.4. The Morgan fingerprint density at radius 1 is 0.679 bits per heavy atom. The van der Waals surface area contributed by atoms with E-state index in [2.05, 4.69) is 41.5 Å². The van der Waals surface area contributed by atoms with Gasteiger partial charge in [0, 0.05) is 0 Å². The molecule has 2 rings (SSSR count). The average molecular weight is 423 g/mol. The minimum Gasteiger partial charge on any atom is -0.207 e. The van der Waals surface area contributed by atoms with Crippen molar-refractivity contribution in [3.8, 4) is 0 Å². The molecule has 2 aromatic carbocycles. The van der Waals surface area contributed by atoms with Crippen LogP contribution >= 0.6 is 0 Å². The molecule has 0 aromatic heterocycles. The molecule has 0 saturated carbocycles. The van der Waals surface area contributed by atoms with Crippen LogP contribution in [0.25, 0.3) is 0 Å². The second kappa shape index (κ2) is 7.64.